The fourth-order valence-electron chi connectivity index (χ4n) is 2.97. The van der Waals surface area contributed by atoms with Crippen LogP contribution in [0.3, 0.4) is 0 Å². The van der Waals surface area contributed by atoms with Crippen molar-refractivity contribution in [3.8, 4) is 5.75 Å². The van der Waals surface area contributed by atoms with Crippen molar-refractivity contribution in [1.82, 2.24) is 4.90 Å². The molecule has 1 N–H and O–H groups in total. The van der Waals surface area contributed by atoms with Gasteiger partial charge >= 0.3 is 0 Å². The molecule has 0 unspecified atom stereocenters. The van der Waals surface area contributed by atoms with Crippen molar-refractivity contribution in [1.29, 1.82) is 0 Å². The summed E-state index contributed by atoms with van der Waals surface area (Å²) in [6.45, 7) is 0.245. The summed E-state index contributed by atoms with van der Waals surface area (Å²) in [5.41, 5.74) is 1.97. The lowest BCUT2D eigenvalue weighted by Crippen LogP contribution is -2.27. The third kappa shape index (κ3) is 4.93. The first-order chi connectivity index (χ1) is 14.4. The standard InChI is InChI=1S/C23H20Cl2N2O3/c1-27(23(29)15-7-5-9-17(13-15)30-2)14-16-8-6-12-20(25)21(16)26-22(28)18-10-3-4-11-19(18)24/h3-13H,14H2,1-2H3,(H,26,28). The van der Waals surface area contributed by atoms with Gasteiger partial charge in [0.25, 0.3) is 11.8 Å². The maximum Gasteiger partial charge on any atom is 0.257 e. The van der Waals surface area contributed by atoms with E-state index in [4.69, 9.17) is 27.9 Å². The minimum atomic E-state index is -0.378. The number of carbonyl (C=O) groups excluding carboxylic acids is 2. The van der Waals surface area contributed by atoms with Crippen molar-refractivity contribution in [3.05, 3.63) is 93.5 Å². The summed E-state index contributed by atoms with van der Waals surface area (Å²) in [5.74, 6) is 0.0404. The van der Waals surface area contributed by atoms with E-state index in [0.717, 1.165) is 0 Å². The number of ether oxygens (including phenoxy) is 1. The molecule has 30 heavy (non-hydrogen) atoms. The van der Waals surface area contributed by atoms with Crippen molar-refractivity contribution < 1.29 is 14.3 Å². The van der Waals surface area contributed by atoms with E-state index in [1.165, 1.54) is 0 Å². The molecule has 0 spiro atoms. The van der Waals surface area contributed by atoms with E-state index in [-0.39, 0.29) is 18.4 Å². The Labute approximate surface area is 185 Å². The second kappa shape index (κ2) is 9.65. The molecule has 0 radical (unpaired) electrons. The molecule has 0 heterocycles. The SMILES string of the molecule is COc1cccc(C(=O)N(C)Cc2cccc(Cl)c2NC(=O)c2ccccc2Cl)c1. The van der Waals surface area contributed by atoms with Gasteiger partial charge in [-0.15, -0.1) is 0 Å². The average Bonchev–Trinajstić information content (AvgIpc) is 2.75. The van der Waals surface area contributed by atoms with Crippen LogP contribution in [-0.4, -0.2) is 30.9 Å². The Bertz CT molecular complexity index is 1090. The molecule has 0 bridgehead atoms. The summed E-state index contributed by atoms with van der Waals surface area (Å²) < 4.78 is 5.19. The third-order valence-electron chi connectivity index (χ3n) is 4.53. The van der Waals surface area contributed by atoms with Gasteiger partial charge in [0.2, 0.25) is 0 Å². The van der Waals surface area contributed by atoms with Crippen LogP contribution in [0, 0.1) is 0 Å². The smallest absolute Gasteiger partial charge is 0.257 e. The zero-order valence-electron chi connectivity index (χ0n) is 16.5. The van der Waals surface area contributed by atoms with Crippen molar-refractivity contribution in [2.45, 2.75) is 6.54 Å². The van der Waals surface area contributed by atoms with E-state index in [0.29, 0.717) is 38.2 Å². The average molecular weight is 443 g/mol. The number of para-hydroxylation sites is 1. The number of carbonyl (C=O) groups is 2. The number of nitrogens with one attached hydrogen (secondary N) is 1. The van der Waals surface area contributed by atoms with Gasteiger partial charge < -0.3 is 15.0 Å². The molecule has 3 aromatic carbocycles. The molecular weight excluding hydrogens is 423 g/mol. The lowest BCUT2D eigenvalue weighted by molar-refractivity contribution is 0.0785. The number of benzene rings is 3. The molecule has 0 fully saturated rings. The second-order valence-electron chi connectivity index (χ2n) is 6.60. The first-order valence-electron chi connectivity index (χ1n) is 9.13. The highest BCUT2D eigenvalue weighted by Gasteiger charge is 2.18. The maximum atomic E-state index is 12.8. The summed E-state index contributed by atoms with van der Waals surface area (Å²) in [7, 11) is 3.23. The number of halogens is 2. The van der Waals surface area contributed by atoms with E-state index in [9.17, 15) is 9.59 Å². The zero-order chi connectivity index (χ0) is 21.7. The Balaban J connectivity index is 1.83. The zero-order valence-corrected chi connectivity index (χ0v) is 18.0. The number of amides is 2. The lowest BCUT2D eigenvalue weighted by Gasteiger charge is -2.20. The summed E-state index contributed by atoms with van der Waals surface area (Å²) in [6.07, 6.45) is 0. The molecule has 0 aliphatic heterocycles. The second-order valence-corrected chi connectivity index (χ2v) is 7.42. The number of anilines is 1. The highest BCUT2D eigenvalue weighted by molar-refractivity contribution is 6.36. The number of methoxy groups -OCH3 is 1. The normalized spacial score (nSPS) is 10.4. The van der Waals surface area contributed by atoms with E-state index in [2.05, 4.69) is 5.32 Å². The van der Waals surface area contributed by atoms with Gasteiger partial charge in [-0.3, -0.25) is 9.59 Å². The highest BCUT2D eigenvalue weighted by Crippen LogP contribution is 2.29. The van der Waals surface area contributed by atoms with Crippen LogP contribution in [0.5, 0.6) is 5.75 Å². The molecular formula is C23H20Cl2N2O3. The van der Waals surface area contributed by atoms with Crippen LogP contribution in [0.4, 0.5) is 5.69 Å². The van der Waals surface area contributed by atoms with Crippen molar-refractivity contribution >= 4 is 40.7 Å². The van der Waals surface area contributed by atoms with Gasteiger partial charge in [0.05, 0.1) is 28.4 Å². The van der Waals surface area contributed by atoms with Crippen molar-refractivity contribution in [2.24, 2.45) is 0 Å². The van der Waals surface area contributed by atoms with Crippen molar-refractivity contribution in [3.63, 3.8) is 0 Å². The molecule has 0 saturated carbocycles. The van der Waals surface area contributed by atoms with Gasteiger partial charge in [-0.1, -0.05) is 53.5 Å². The number of hydrogen-bond donors (Lipinski definition) is 1. The summed E-state index contributed by atoms with van der Waals surface area (Å²) in [6, 6.07) is 18.9. The van der Waals surface area contributed by atoms with Gasteiger partial charge in [-0.05, 0) is 42.0 Å². The fraction of sp³-hybridized carbons (Fsp3) is 0.130. The fourth-order valence-corrected chi connectivity index (χ4v) is 3.43. The van der Waals surface area contributed by atoms with Gasteiger partial charge in [-0.2, -0.15) is 0 Å². The number of rotatable bonds is 6. The monoisotopic (exact) mass is 442 g/mol. The predicted octanol–water partition coefficient (Wildman–Crippen LogP) is 5.53. The number of hydrogen-bond acceptors (Lipinski definition) is 3. The van der Waals surface area contributed by atoms with Crippen LogP contribution in [-0.2, 0) is 6.54 Å². The van der Waals surface area contributed by atoms with Gasteiger partial charge in [0, 0.05) is 19.2 Å². The van der Waals surface area contributed by atoms with Crippen molar-refractivity contribution in [2.75, 3.05) is 19.5 Å². The quantitative estimate of drug-likeness (QED) is 0.545. The first-order valence-corrected chi connectivity index (χ1v) is 9.89. The molecule has 0 saturated heterocycles. The van der Waals surface area contributed by atoms with Crippen LogP contribution in [0.2, 0.25) is 10.0 Å². The van der Waals surface area contributed by atoms with Crippen LogP contribution < -0.4 is 10.1 Å². The van der Waals surface area contributed by atoms with Gasteiger partial charge in [-0.25, -0.2) is 0 Å². The Morgan fingerprint density at radius 2 is 1.67 bits per heavy atom. The van der Waals surface area contributed by atoms with Crippen LogP contribution in [0.25, 0.3) is 0 Å². The van der Waals surface area contributed by atoms with E-state index >= 15 is 0 Å². The summed E-state index contributed by atoms with van der Waals surface area (Å²) >= 11 is 12.5. The first kappa shape index (κ1) is 21.7. The van der Waals surface area contributed by atoms with E-state index < -0.39 is 0 Å². The summed E-state index contributed by atoms with van der Waals surface area (Å²) in [5, 5.41) is 3.54. The minimum Gasteiger partial charge on any atom is -0.497 e. The lowest BCUT2D eigenvalue weighted by atomic mass is 10.1. The molecule has 0 aliphatic rings. The predicted molar refractivity (Wildman–Crippen MR) is 120 cm³/mol. The van der Waals surface area contributed by atoms with Crippen LogP contribution in [0.15, 0.2) is 66.7 Å². The molecule has 7 heteroatoms. The Kier molecular flexibility index (Phi) is 6.98. The molecule has 154 valence electrons. The number of nitrogens with zero attached hydrogens (tertiary/aromatic N) is 1. The molecule has 0 aliphatic carbocycles. The molecule has 3 aromatic rings. The highest BCUT2D eigenvalue weighted by atomic mass is 35.5. The Morgan fingerprint density at radius 1 is 0.967 bits per heavy atom. The molecule has 0 atom stereocenters. The third-order valence-corrected chi connectivity index (χ3v) is 5.17. The van der Waals surface area contributed by atoms with Gasteiger partial charge in [0.1, 0.15) is 5.75 Å². The maximum absolute atomic E-state index is 12.8. The Hall–Kier alpha value is -3.02. The molecule has 2 amide bonds. The summed E-state index contributed by atoms with van der Waals surface area (Å²) in [4.78, 5) is 27.1. The van der Waals surface area contributed by atoms with Crippen LogP contribution >= 0.6 is 23.2 Å². The minimum absolute atomic E-state index is 0.183. The van der Waals surface area contributed by atoms with Crippen LogP contribution in [0.1, 0.15) is 26.3 Å². The molecule has 5 nitrogen and oxygen atoms in total. The topological polar surface area (TPSA) is 58.6 Å². The van der Waals surface area contributed by atoms with E-state index in [1.807, 2.05) is 6.07 Å². The van der Waals surface area contributed by atoms with Gasteiger partial charge in [0.15, 0.2) is 0 Å². The molecule has 3 rings (SSSR count). The van der Waals surface area contributed by atoms with E-state index in [1.54, 1.807) is 79.7 Å². The molecule has 0 aromatic heterocycles. The largest absolute Gasteiger partial charge is 0.497 e. The Morgan fingerprint density at radius 3 is 2.40 bits per heavy atom.